The Morgan fingerprint density at radius 3 is 1.42 bits per heavy atom. The molecule has 6 aliphatic rings. The van der Waals surface area contributed by atoms with Gasteiger partial charge in [-0.2, -0.15) is 52.7 Å². The van der Waals surface area contributed by atoms with Gasteiger partial charge in [0.25, 0.3) is 5.60 Å². The van der Waals surface area contributed by atoms with E-state index in [1.807, 2.05) is 13.8 Å². The molecule has 14 atom stereocenters. The largest absolute Gasteiger partial charge is 0.510 e. The predicted octanol–water partition coefficient (Wildman–Crippen LogP) is 11.2. The van der Waals surface area contributed by atoms with E-state index in [9.17, 15) is 62.6 Å². The zero-order valence-corrected chi connectivity index (χ0v) is 30.2. The smallest absolute Gasteiger partial charge is 0.429 e. The van der Waals surface area contributed by atoms with Gasteiger partial charge in [0.15, 0.2) is 0 Å². The van der Waals surface area contributed by atoms with Gasteiger partial charge in [0, 0.05) is 6.42 Å². The molecule has 6 aliphatic carbocycles. The van der Waals surface area contributed by atoms with Crippen molar-refractivity contribution < 1.29 is 72.1 Å². The number of hydrogen-bond acceptors (Lipinski definition) is 4. The second kappa shape index (κ2) is 13.0. The Morgan fingerprint density at radius 1 is 0.538 bits per heavy atom. The van der Waals surface area contributed by atoms with E-state index in [0.29, 0.717) is 42.4 Å². The zero-order valence-electron chi connectivity index (χ0n) is 30.2. The van der Waals surface area contributed by atoms with E-state index in [1.54, 1.807) is 0 Å². The van der Waals surface area contributed by atoms with Gasteiger partial charge >= 0.3 is 36.5 Å². The molecule has 0 amide bonds. The summed E-state index contributed by atoms with van der Waals surface area (Å²) in [6, 6.07) is 0. The second-order valence-corrected chi connectivity index (χ2v) is 18.1. The van der Waals surface area contributed by atoms with Crippen LogP contribution in [0.5, 0.6) is 0 Å². The monoisotopic (exact) mass is 774 g/mol. The Bertz CT molecular complexity index is 1290. The number of aliphatic hydroxyl groups is 1. The van der Waals surface area contributed by atoms with Crippen molar-refractivity contribution >= 4 is 6.16 Å². The van der Waals surface area contributed by atoms with Gasteiger partial charge in [-0.1, -0.05) is 27.7 Å². The number of ether oxygens (including phenoxy) is 2. The number of carbonyl (C=O) groups excluding carboxylic acids is 1. The van der Waals surface area contributed by atoms with Crippen molar-refractivity contribution in [2.45, 2.75) is 135 Å². The third kappa shape index (κ3) is 6.80. The first kappa shape index (κ1) is 41.6. The Morgan fingerprint density at radius 2 is 0.981 bits per heavy atom. The van der Waals surface area contributed by atoms with Gasteiger partial charge in [0.1, 0.15) is 5.60 Å². The lowest BCUT2D eigenvalue weighted by molar-refractivity contribution is -0.374. The van der Waals surface area contributed by atoms with Crippen LogP contribution in [-0.4, -0.2) is 52.8 Å². The van der Waals surface area contributed by atoms with Crippen LogP contribution in [0.3, 0.4) is 0 Å². The van der Waals surface area contributed by atoms with Crippen LogP contribution in [-0.2, 0) is 9.47 Å². The third-order valence-corrected chi connectivity index (χ3v) is 14.6. The SMILES string of the molecule is CC1C(C)C2CC1C1C3CC(CC(O)(C(F)(F)F)C(F)(F)F)C(C3)C21.CC1C2CC(CC(OC(=O)OC(C)(C)C)(C(F)(F)F)C(F)(F)F)C(C2)C1C. The fraction of sp³-hybridized carbons (Fsp3) is 0.972. The molecular formula is C36H50F12O4. The number of fused-ring (bicyclic) bond motifs is 11. The molecule has 0 saturated heterocycles. The number of halogens is 12. The standard InChI is InChI=1S/C18H26F6O3.C18H24F6O/c1-9-10(2)13-7-11(9)6-12(13)8-16(17(19,20)21,18(22,23)24)27-14(25)26-15(3,4)5;1-7-8(2)12-5-11(7)14-9-3-10(13(4-9)15(12)14)6-16(25,17(19,20)21)18(22,23)24/h9-13H,6-8H2,1-5H3;7-15,25H,3-6H2,1-2H3. The summed E-state index contributed by atoms with van der Waals surface area (Å²) in [4.78, 5) is 11.8. The van der Waals surface area contributed by atoms with Gasteiger partial charge in [0.05, 0.1) is 0 Å². The average molecular weight is 775 g/mol. The van der Waals surface area contributed by atoms with E-state index >= 15 is 0 Å². The lowest BCUT2D eigenvalue weighted by atomic mass is 9.61. The Labute approximate surface area is 296 Å². The summed E-state index contributed by atoms with van der Waals surface area (Å²) in [7, 11) is 0. The maximum absolute atomic E-state index is 13.7. The molecule has 0 heterocycles. The molecule has 4 nitrogen and oxygen atoms in total. The highest BCUT2D eigenvalue weighted by molar-refractivity contribution is 5.61. The van der Waals surface area contributed by atoms with Crippen LogP contribution in [0.25, 0.3) is 0 Å². The summed E-state index contributed by atoms with van der Waals surface area (Å²) in [6.07, 6.45) is -24.4. The fourth-order valence-electron chi connectivity index (χ4n) is 12.0. The lowest BCUT2D eigenvalue weighted by Crippen LogP contribution is -2.61. The topological polar surface area (TPSA) is 55.8 Å². The number of hydrogen-bond donors (Lipinski definition) is 1. The van der Waals surface area contributed by atoms with Crippen molar-refractivity contribution in [3.8, 4) is 0 Å². The van der Waals surface area contributed by atoms with E-state index in [0.717, 1.165) is 12.8 Å². The molecule has 0 spiro atoms. The van der Waals surface area contributed by atoms with E-state index in [4.69, 9.17) is 0 Å². The summed E-state index contributed by atoms with van der Waals surface area (Å²) in [5.74, 6) is 1.72. The first-order valence-electron chi connectivity index (χ1n) is 18.3. The number of carbonyl (C=O) groups is 1. The van der Waals surface area contributed by atoms with Crippen LogP contribution in [0.1, 0.15) is 93.4 Å². The van der Waals surface area contributed by atoms with Gasteiger partial charge < -0.3 is 14.6 Å². The lowest BCUT2D eigenvalue weighted by Gasteiger charge is -2.45. The molecule has 0 aromatic carbocycles. The first-order valence-corrected chi connectivity index (χ1v) is 18.3. The Kier molecular flexibility index (Phi) is 10.4. The molecule has 14 unspecified atom stereocenters. The maximum Gasteiger partial charge on any atom is 0.510 e. The van der Waals surface area contributed by atoms with Gasteiger partial charge in [-0.05, 0) is 142 Å². The van der Waals surface area contributed by atoms with Gasteiger partial charge in [-0.15, -0.1) is 0 Å². The zero-order chi connectivity index (χ0) is 39.5. The highest BCUT2D eigenvalue weighted by atomic mass is 19.4. The molecule has 6 rings (SSSR count). The van der Waals surface area contributed by atoms with Crippen LogP contribution in [0.4, 0.5) is 57.5 Å². The summed E-state index contributed by atoms with van der Waals surface area (Å²) >= 11 is 0. The molecule has 6 saturated carbocycles. The minimum Gasteiger partial charge on any atom is -0.429 e. The molecule has 302 valence electrons. The van der Waals surface area contributed by atoms with Gasteiger partial charge in [-0.25, -0.2) is 4.79 Å². The van der Waals surface area contributed by atoms with Crippen molar-refractivity contribution in [2.75, 3.05) is 0 Å². The summed E-state index contributed by atoms with van der Waals surface area (Å²) in [5.41, 5.74) is -10.4. The molecule has 0 radical (unpaired) electrons. The van der Waals surface area contributed by atoms with E-state index in [-0.39, 0.29) is 47.8 Å². The second-order valence-electron chi connectivity index (χ2n) is 18.1. The predicted molar refractivity (Wildman–Crippen MR) is 163 cm³/mol. The highest BCUT2D eigenvalue weighted by Crippen LogP contribution is 2.72. The van der Waals surface area contributed by atoms with Crippen LogP contribution >= 0.6 is 0 Å². The average Bonchev–Trinajstić information content (AvgIpc) is 3.78. The molecule has 0 aliphatic heterocycles. The van der Waals surface area contributed by atoms with Crippen molar-refractivity contribution in [3.05, 3.63) is 0 Å². The third-order valence-electron chi connectivity index (χ3n) is 14.6. The van der Waals surface area contributed by atoms with Crippen molar-refractivity contribution in [1.82, 2.24) is 0 Å². The van der Waals surface area contributed by atoms with Crippen LogP contribution in [0.2, 0.25) is 0 Å². The summed E-state index contributed by atoms with van der Waals surface area (Å²) < 4.78 is 169. The summed E-state index contributed by atoms with van der Waals surface area (Å²) in [5, 5.41) is 9.59. The molecular weight excluding hydrogens is 724 g/mol. The van der Waals surface area contributed by atoms with Crippen LogP contribution < -0.4 is 0 Å². The molecule has 0 aromatic heterocycles. The molecule has 16 heteroatoms. The first-order chi connectivity index (χ1) is 23.3. The Balaban J connectivity index is 0.000000201. The fourth-order valence-corrected chi connectivity index (χ4v) is 12.0. The molecule has 6 bridgehead atoms. The molecule has 1 N–H and O–H groups in total. The number of alkyl halides is 12. The van der Waals surface area contributed by atoms with Crippen molar-refractivity contribution in [1.29, 1.82) is 0 Å². The van der Waals surface area contributed by atoms with Crippen LogP contribution in [0, 0.1) is 82.9 Å². The quantitative estimate of drug-likeness (QED) is 0.172. The summed E-state index contributed by atoms with van der Waals surface area (Å²) in [6.45, 7) is 12.2. The van der Waals surface area contributed by atoms with E-state index in [2.05, 4.69) is 23.3 Å². The molecule has 52 heavy (non-hydrogen) atoms. The van der Waals surface area contributed by atoms with Crippen LogP contribution in [0.15, 0.2) is 0 Å². The molecule has 0 aromatic rings. The van der Waals surface area contributed by atoms with Gasteiger partial charge in [-0.3, -0.25) is 0 Å². The van der Waals surface area contributed by atoms with E-state index in [1.165, 1.54) is 20.8 Å². The minimum atomic E-state index is -5.81. The molecule has 6 fully saturated rings. The van der Waals surface area contributed by atoms with Crippen molar-refractivity contribution in [2.24, 2.45) is 82.9 Å². The highest BCUT2D eigenvalue weighted by Gasteiger charge is 2.76. The Hall–Kier alpha value is -1.61. The minimum absolute atomic E-state index is 0.0365. The van der Waals surface area contributed by atoms with E-state index < -0.39 is 72.3 Å². The van der Waals surface area contributed by atoms with Crippen molar-refractivity contribution in [3.63, 3.8) is 0 Å². The number of rotatable bonds is 5. The maximum atomic E-state index is 13.7. The normalized spacial score (nSPS) is 40.2. The van der Waals surface area contributed by atoms with Gasteiger partial charge in [0.2, 0.25) is 0 Å².